The fourth-order valence-electron chi connectivity index (χ4n) is 5.57. The van der Waals surface area contributed by atoms with Gasteiger partial charge in [0.2, 0.25) is 11.8 Å². The molecule has 0 aliphatic carbocycles. The van der Waals surface area contributed by atoms with Crippen LogP contribution in [0.4, 0.5) is 9.59 Å². The Kier molecular flexibility index (Phi) is 11.4. The number of nitrogens with two attached hydrogens (primary N) is 1. The summed E-state index contributed by atoms with van der Waals surface area (Å²) in [6.07, 6.45) is -0.440. The van der Waals surface area contributed by atoms with E-state index in [0.29, 0.717) is 38.3 Å². The third-order valence-electron chi connectivity index (χ3n) is 7.72. The molecule has 12 heteroatoms. The number of likely N-dealkylation sites (tertiary alicyclic amines) is 2. The molecule has 47 heavy (non-hydrogen) atoms. The van der Waals surface area contributed by atoms with Gasteiger partial charge >= 0.3 is 12.2 Å². The largest absolute Gasteiger partial charge is 0.490 e. The van der Waals surface area contributed by atoms with Gasteiger partial charge in [-0.05, 0) is 77.8 Å². The van der Waals surface area contributed by atoms with Gasteiger partial charge in [0.05, 0.1) is 12.6 Å². The predicted octanol–water partition coefficient (Wildman–Crippen LogP) is 4.74. The lowest BCUT2D eigenvalue weighted by Crippen LogP contribution is -2.51. The summed E-state index contributed by atoms with van der Waals surface area (Å²) in [6, 6.07) is 15.7. The molecule has 4 amide bonds. The van der Waals surface area contributed by atoms with Crippen molar-refractivity contribution >= 4 is 24.0 Å². The summed E-state index contributed by atoms with van der Waals surface area (Å²) >= 11 is 0. The summed E-state index contributed by atoms with van der Waals surface area (Å²) in [5, 5.41) is 0. The first-order chi connectivity index (χ1) is 22.1. The van der Waals surface area contributed by atoms with Crippen molar-refractivity contribution in [1.29, 1.82) is 0 Å². The van der Waals surface area contributed by atoms with E-state index in [9.17, 15) is 19.2 Å². The molecule has 2 fully saturated rings. The zero-order valence-corrected chi connectivity index (χ0v) is 28.3. The molecule has 12 nitrogen and oxygen atoms in total. The summed E-state index contributed by atoms with van der Waals surface area (Å²) in [5.74, 6) is 0.518. The Morgan fingerprint density at radius 3 is 2.02 bits per heavy atom. The Hall–Kier alpha value is -4.32. The van der Waals surface area contributed by atoms with Gasteiger partial charge in [0.1, 0.15) is 41.5 Å². The number of imide groups is 1. The third kappa shape index (κ3) is 10.1. The van der Waals surface area contributed by atoms with Crippen LogP contribution in [0.25, 0.3) is 0 Å². The van der Waals surface area contributed by atoms with Crippen LogP contribution in [0.5, 0.6) is 11.5 Å². The third-order valence-corrected chi connectivity index (χ3v) is 7.72. The zero-order chi connectivity index (χ0) is 34.4. The number of hydrogen-bond acceptors (Lipinski definition) is 9. The molecule has 0 saturated carbocycles. The predicted molar refractivity (Wildman–Crippen MR) is 175 cm³/mol. The van der Waals surface area contributed by atoms with Crippen LogP contribution in [0.2, 0.25) is 0 Å². The number of ether oxygens (including phenoxy) is 4. The molecular formula is C35H48N4O8. The minimum absolute atomic E-state index is 0.0399. The molecule has 0 unspecified atom stereocenters. The van der Waals surface area contributed by atoms with E-state index >= 15 is 0 Å². The van der Waals surface area contributed by atoms with Crippen molar-refractivity contribution in [1.82, 2.24) is 14.7 Å². The van der Waals surface area contributed by atoms with Crippen molar-refractivity contribution in [3.05, 3.63) is 60.2 Å². The minimum Gasteiger partial charge on any atom is -0.490 e. The second kappa shape index (κ2) is 15.1. The maximum Gasteiger partial charge on any atom is 0.417 e. The summed E-state index contributed by atoms with van der Waals surface area (Å²) in [7, 11) is 0. The lowest BCUT2D eigenvalue weighted by Gasteiger charge is -2.35. The average Bonchev–Trinajstić information content (AvgIpc) is 3.44. The second-order valence-corrected chi connectivity index (χ2v) is 13.9. The van der Waals surface area contributed by atoms with Crippen molar-refractivity contribution in [2.75, 3.05) is 26.2 Å². The van der Waals surface area contributed by atoms with Crippen molar-refractivity contribution in [2.45, 2.75) is 96.8 Å². The van der Waals surface area contributed by atoms with Gasteiger partial charge in [0, 0.05) is 32.5 Å². The van der Waals surface area contributed by atoms with Crippen LogP contribution in [-0.4, -0.2) is 94.3 Å². The summed E-state index contributed by atoms with van der Waals surface area (Å²) in [4.78, 5) is 57.2. The Morgan fingerprint density at radius 2 is 1.45 bits per heavy atom. The highest BCUT2D eigenvalue weighted by molar-refractivity contribution is 5.94. The summed E-state index contributed by atoms with van der Waals surface area (Å²) in [6.45, 7) is 11.1. The summed E-state index contributed by atoms with van der Waals surface area (Å²) < 4.78 is 23.2. The number of piperidine rings is 1. The van der Waals surface area contributed by atoms with Gasteiger partial charge in [-0.3, -0.25) is 14.5 Å². The van der Waals surface area contributed by atoms with Crippen molar-refractivity contribution in [3.63, 3.8) is 0 Å². The molecular weight excluding hydrogens is 604 g/mol. The number of rotatable bonds is 8. The molecule has 2 aromatic carbocycles. The smallest absolute Gasteiger partial charge is 0.417 e. The lowest BCUT2D eigenvalue weighted by molar-refractivity contribution is -0.138. The molecule has 2 aromatic rings. The number of amides is 4. The Balaban J connectivity index is 1.39. The molecule has 2 N–H and O–H groups in total. The minimum atomic E-state index is -0.939. The van der Waals surface area contributed by atoms with Crippen LogP contribution >= 0.6 is 0 Å². The van der Waals surface area contributed by atoms with Gasteiger partial charge < -0.3 is 29.6 Å². The maximum atomic E-state index is 13.9. The van der Waals surface area contributed by atoms with Gasteiger partial charge in [-0.1, -0.05) is 30.3 Å². The zero-order valence-electron chi connectivity index (χ0n) is 28.3. The van der Waals surface area contributed by atoms with Crippen LogP contribution in [0.1, 0.15) is 66.4 Å². The van der Waals surface area contributed by atoms with Crippen LogP contribution in [-0.2, 0) is 25.7 Å². The molecule has 2 aliphatic heterocycles. The van der Waals surface area contributed by atoms with Crippen molar-refractivity contribution < 1.29 is 38.1 Å². The fraction of sp³-hybridized carbons (Fsp3) is 0.543. The molecule has 0 radical (unpaired) electrons. The SMILES string of the molecule is CC(C)(C)OC(=O)N1C[C@H](N(C(=O)CN)C(=O)OC(C)(C)C)C[C@H]1C(=O)N1CCC(Oc2ccc(OCc3ccccc3)cc2)CC1. The van der Waals surface area contributed by atoms with Gasteiger partial charge in [-0.25, -0.2) is 14.5 Å². The molecule has 2 atom stereocenters. The standard InChI is InChI=1S/C35H48N4O8/c1-34(2,3)46-32(42)38-22-25(39(30(40)21-36)33(43)47-35(4,5)6)20-29(38)31(41)37-18-16-28(17-19-37)45-27-14-12-26(13-15-27)44-23-24-10-8-7-9-11-24/h7-15,25,28-29H,16-23,36H2,1-6H3/t25-,29+/m1/s1. The van der Waals surface area contributed by atoms with Crippen molar-refractivity contribution in [3.8, 4) is 11.5 Å². The molecule has 0 aromatic heterocycles. The van der Waals surface area contributed by atoms with Crippen LogP contribution < -0.4 is 15.2 Å². The molecule has 2 aliphatic rings. The van der Waals surface area contributed by atoms with E-state index in [-0.39, 0.29) is 25.0 Å². The molecule has 2 heterocycles. The first-order valence-corrected chi connectivity index (χ1v) is 16.1. The molecule has 4 rings (SSSR count). The Labute approximate surface area is 277 Å². The van der Waals surface area contributed by atoms with Gasteiger partial charge in [0.15, 0.2) is 0 Å². The van der Waals surface area contributed by atoms with Gasteiger partial charge in [0.25, 0.3) is 0 Å². The van der Waals surface area contributed by atoms with E-state index < -0.39 is 47.9 Å². The second-order valence-electron chi connectivity index (χ2n) is 13.9. The maximum absolute atomic E-state index is 13.9. The highest BCUT2D eigenvalue weighted by Gasteiger charge is 2.48. The van der Waals surface area contributed by atoms with Gasteiger partial charge in [-0.15, -0.1) is 0 Å². The molecule has 256 valence electrons. The number of benzene rings is 2. The summed E-state index contributed by atoms with van der Waals surface area (Å²) in [5.41, 5.74) is 5.04. The number of carbonyl (C=O) groups is 4. The van der Waals surface area contributed by atoms with Crippen LogP contribution in [0, 0.1) is 0 Å². The monoisotopic (exact) mass is 652 g/mol. The number of hydrogen-bond donors (Lipinski definition) is 1. The van der Waals surface area contributed by atoms with E-state index in [1.165, 1.54) is 4.90 Å². The molecule has 0 bridgehead atoms. The highest BCUT2D eigenvalue weighted by atomic mass is 16.6. The normalized spacial score (nSPS) is 18.8. The fourth-order valence-corrected chi connectivity index (χ4v) is 5.57. The van der Waals surface area contributed by atoms with E-state index in [0.717, 1.165) is 16.2 Å². The van der Waals surface area contributed by atoms with E-state index in [2.05, 4.69) is 0 Å². The Morgan fingerprint density at radius 1 is 0.851 bits per heavy atom. The first kappa shape index (κ1) is 35.5. The van der Waals surface area contributed by atoms with E-state index in [1.54, 1.807) is 46.4 Å². The Bertz CT molecular complexity index is 1380. The highest BCUT2D eigenvalue weighted by Crippen LogP contribution is 2.29. The van der Waals surface area contributed by atoms with E-state index in [1.807, 2.05) is 54.6 Å². The topological polar surface area (TPSA) is 141 Å². The quantitative estimate of drug-likeness (QED) is 0.428. The van der Waals surface area contributed by atoms with E-state index in [4.69, 9.17) is 24.7 Å². The van der Waals surface area contributed by atoms with Gasteiger partial charge in [-0.2, -0.15) is 0 Å². The van der Waals surface area contributed by atoms with Crippen LogP contribution in [0.3, 0.4) is 0 Å². The molecule has 2 saturated heterocycles. The lowest BCUT2D eigenvalue weighted by atomic mass is 10.0. The first-order valence-electron chi connectivity index (χ1n) is 16.1. The average molecular weight is 653 g/mol. The van der Waals surface area contributed by atoms with Crippen molar-refractivity contribution in [2.24, 2.45) is 5.73 Å². The van der Waals surface area contributed by atoms with Crippen LogP contribution in [0.15, 0.2) is 54.6 Å². The number of carbonyl (C=O) groups excluding carboxylic acids is 4. The molecule has 0 spiro atoms. The number of nitrogens with zero attached hydrogens (tertiary/aromatic N) is 3.